The zero-order chi connectivity index (χ0) is 10.1. The summed E-state index contributed by atoms with van der Waals surface area (Å²) in [4.78, 5) is 22.5. The van der Waals surface area contributed by atoms with Crippen LogP contribution in [0, 0.1) is 0 Å². The van der Waals surface area contributed by atoms with Gasteiger partial charge in [0.05, 0.1) is 0 Å². The second-order valence-electron chi connectivity index (χ2n) is 3.07. The molecule has 5 heteroatoms. The van der Waals surface area contributed by atoms with E-state index in [9.17, 15) is 4.79 Å². The van der Waals surface area contributed by atoms with Gasteiger partial charge < -0.3 is 9.55 Å². The third-order valence-corrected chi connectivity index (χ3v) is 2.21. The number of rotatable bonds is 2. The van der Waals surface area contributed by atoms with Crippen molar-refractivity contribution in [2.45, 2.75) is 26.8 Å². The Morgan fingerprint density at radius 2 is 2.29 bits per heavy atom. The fourth-order valence-corrected chi connectivity index (χ4v) is 1.41. The van der Waals surface area contributed by atoms with Crippen molar-refractivity contribution in [1.82, 2.24) is 19.5 Å². The van der Waals surface area contributed by atoms with Crippen molar-refractivity contribution in [1.29, 1.82) is 0 Å². The van der Waals surface area contributed by atoms with Crippen LogP contribution in [0.25, 0.3) is 11.2 Å². The van der Waals surface area contributed by atoms with Gasteiger partial charge in [-0.2, -0.15) is 4.98 Å². The first-order chi connectivity index (χ1) is 6.76. The second-order valence-corrected chi connectivity index (χ2v) is 3.07. The number of nitrogens with zero attached hydrogens (tertiary/aromatic N) is 3. The van der Waals surface area contributed by atoms with Gasteiger partial charge in [-0.25, -0.2) is 4.98 Å². The number of imidazole rings is 1. The van der Waals surface area contributed by atoms with Crippen LogP contribution < -0.4 is 5.56 Å². The van der Waals surface area contributed by atoms with Crippen molar-refractivity contribution in [3.63, 3.8) is 0 Å². The van der Waals surface area contributed by atoms with E-state index < -0.39 is 0 Å². The lowest BCUT2D eigenvalue weighted by atomic mass is 10.5. The van der Waals surface area contributed by atoms with Crippen LogP contribution in [0.3, 0.4) is 0 Å². The van der Waals surface area contributed by atoms with Crippen molar-refractivity contribution in [2.24, 2.45) is 0 Å². The van der Waals surface area contributed by atoms with Gasteiger partial charge in [0.1, 0.15) is 12.2 Å². The zero-order valence-corrected chi connectivity index (χ0v) is 8.24. The molecule has 2 rings (SSSR count). The number of hydrogen-bond acceptors (Lipinski definition) is 3. The Kier molecular flexibility index (Phi) is 2.07. The van der Waals surface area contributed by atoms with Crippen LogP contribution in [0.2, 0.25) is 0 Å². The molecular formula is C9H12N4O. The Hall–Kier alpha value is -1.65. The summed E-state index contributed by atoms with van der Waals surface area (Å²) in [5.41, 5.74) is 0.965. The van der Waals surface area contributed by atoms with E-state index >= 15 is 0 Å². The molecular weight excluding hydrogens is 180 g/mol. The van der Waals surface area contributed by atoms with Crippen LogP contribution in [0.15, 0.2) is 11.1 Å². The van der Waals surface area contributed by atoms with E-state index in [1.807, 2.05) is 18.4 Å². The molecule has 0 aliphatic heterocycles. The van der Waals surface area contributed by atoms with E-state index in [0.29, 0.717) is 11.2 Å². The van der Waals surface area contributed by atoms with Crippen LogP contribution in [0.1, 0.15) is 19.7 Å². The fraction of sp³-hybridized carbons (Fsp3) is 0.444. The highest BCUT2D eigenvalue weighted by Crippen LogP contribution is 2.06. The maximum absolute atomic E-state index is 11.4. The van der Waals surface area contributed by atoms with Gasteiger partial charge in [-0.15, -0.1) is 0 Å². The Bertz CT molecular complexity index is 511. The summed E-state index contributed by atoms with van der Waals surface area (Å²) in [5, 5.41) is 0. The van der Waals surface area contributed by atoms with Crippen molar-refractivity contribution < 1.29 is 0 Å². The average molecular weight is 192 g/mol. The molecule has 2 aromatic heterocycles. The van der Waals surface area contributed by atoms with Crippen LogP contribution in [-0.2, 0) is 13.0 Å². The normalized spacial score (nSPS) is 11.0. The predicted octanol–water partition coefficient (Wildman–Crippen LogP) is 0.702. The molecule has 2 aromatic rings. The number of aromatic amines is 1. The molecule has 0 saturated carbocycles. The number of H-pyrrole nitrogens is 1. The molecule has 2 heterocycles. The Balaban J connectivity index is 2.81. The van der Waals surface area contributed by atoms with Gasteiger partial charge >= 0.3 is 0 Å². The highest BCUT2D eigenvalue weighted by atomic mass is 16.1. The molecule has 5 nitrogen and oxygen atoms in total. The second kappa shape index (κ2) is 3.25. The lowest BCUT2D eigenvalue weighted by Crippen LogP contribution is -2.11. The topological polar surface area (TPSA) is 63.6 Å². The summed E-state index contributed by atoms with van der Waals surface area (Å²) < 4.78 is 1.85. The first-order valence-corrected chi connectivity index (χ1v) is 4.70. The molecule has 0 saturated heterocycles. The van der Waals surface area contributed by atoms with Gasteiger partial charge in [-0.3, -0.25) is 4.79 Å². The van der Waals surface area contributed by atoms with E-state index in [-0.39, 0.29) is 5.56 Å². The number of hydrogen-bond donors (Lipinski definition) is 1. The molecule has 74 valence electrons. The molecule has 0 aliphatic rings. The van der Waals surface area contributed by atoms with Crippen LogP contribution in [0.4, 0.5) is 0 Å². The molecule has 0 fully saturated rings. The quantitative estimate of drug-likeness (QED) is 0.761. The lowest BCUT2D eigenvalue weighted by Gasteiger charge is -1.99. The maximum atomic E-state index is 11.4. The molecule has 0 spiro atoms. The number of fused-ring (bicyclic) bond motifs is 1. The summed E-state index contributed by atoms with van der Waals surface area (Å²) >= 11 is 0. The standard InChI is InChI=1S/C9H12N4O/c1-3-6-11-7-8(12-6)13(4-2)5-10-9(7)14/h5H,3-4H2,1-2H3,(H,11,12). The molecule has 0 amide bonds. The van der Waals surface area contributed by atoms with E-state index in [1.54, 1.807) is 0 Å². The molecule has 0 radical (unpaired) electrons. The summed E-state index contributed by atoms with van der Waals surface area (Å²) in [5.74, 6) is 0.826. The molecule has 0 unspecified atom stereocenters. The monoisotopic (exact) mass is 192 g/mol. The van der Waals surface area contributed by atoms with Gasteiger partial charge in [-0.1, -0.05) is 6.92 Å². The number of nitrogens with one attached hydrogen (secondary N) is 1. The largest absolute Gasteiger partial charge is 0.336 e. The predicted molar refractivity (Wildman–Crippen MR) is 53.2 cm³/mol. The number of aromatic nitrogens is 4. The fourth-order valence-electron chi connectivity index (χ4n) is 1.41. The minimum atomic E-state index is -0.239. The van der Waals surface area contributed by atoms with Gasteiger partial charge in [0.25, 0.3) is 5.56 Å². The molecule has 1 N–H and O–H groups in total. The van der Waals surface area contributed by atoms with E-state index in [1.165, 1.54) is 6.33 Å². The first kappa shape index (κ1) is 8.93. The maximum Gasteiger partial charge on any atom is 0.298 e. The summed E-state index contributed by atoms with van der Waals surface area (Å²) in [6.07, 6.45) is 2.32. The lowest BCUT2D eigenvalue weighted by molar-refractivity contribution is 0.755. The molecule has 0 aliphatic carbocycles. The molecule has 14 heavy (non-hydrogen) atoms. The third kappa shape index (κ3) is 1.21. The highest BCUT2D eigenvalue weighted by molar-refractivity contribution is 5.69. The Labute approximate surface area is 80.8 Å². The minimum absolute atomic E-state index is 0.239. The summed E-state index contributed by atoms with van der Waals surface area (Å²) in [7, 11) is 0. The van der Waals surface area contributed by atoms with Gasteiger partial charge in [0, 0.05) is 13.0 Å². The van der Waals surface area contributed by atoms with E-state index in [4.69, 9.17) is 0 Å². The highest BCUT2D eigenvalue weighted by Gasteiger charge is 2.07. The minimum Gasteiger partial charge on any atom is -0.336 e. The summed E-state index contributed by atoms with van der Waals surface area (Å²) in [6.45, 7) is 4.75. The number of aryl methyl sites for hydroxylation is 2. The Morgan fingerprint density at radius 1 is 1.50 bits per heavy atom. The molecule has 0 atom stereocenters. The van der Waals surface area contributed by atoms with E-state index in [0.717, 1.165) is 18.8 Å². The zero-order valence-electron chi connectivity index (χ0n) is 8.24. The van der Waals surface area contributed by atoms with Crippen molar-refractivity contribution >= 4 is 11.2 Å². The van der Waals surface area contributed by atoms with Crippen LogP contribution >= 0.6 is 0 Å². The average Bonchev–Trinajstić information content (AvgIpc) is 2.63. The van der Waals surface area contributed by atoms with Crippen LogP contribution in [-0.4, -0.2) is 19.5 Å². The first-order valence-electron chi connectivity index (χ1n) is 4.70. The SMILES string of the molecule is CCc1nc2c([nH]1)c(=O)ncn2CC. The van der Waals surface area contributed by atoms with Gasteiger partial charge in [0.15, 0.2) is 11.2 Å². The Morgan fingerprint density at radius 3 is 2.93 bits per heavy atom. The smallest absolute Gasteiger partial charge is 0.298 e. The molecule has 0 aromatic carbocycles. The molecule has 0 bridgehead atoms. The van der Waals surface area contributed by atoms with Crippen molar-refractivity contribution in [3.8, 4) is 0 Å². The summed E-state index contributed by atoms with van der Waals surface area (Å²) in [6, 6.07) is 0. The van der Waals surface area contributed by atoms with Crippen molar-refractivity contribution in [2.75, 3.05) is 0 Å². The van der Waals surface area contributed by atoms with Gasteiger partial charge in [-0.05, 0) is 6.92 Å². The van der Waals surface area contributed by atoms with E-state index in [2.05, 4.69) is 15.0 Å². The third-order valence-electron chi connectivity index (χ3n) is 2.21. The van der Waals surface area contributed by atoms with Crippen molar-refractivity contribution in [3.05, 3.63) is 22.5 Å². The van der Waals surface area contributed by atoms with Gasteiger partial charge in [0.2, 0.25) is 0 Å². The van der Waals surface area contributed by atoms with Crippen LogP contribution in [0.5, 0.6) is 0 Å².